The molecule has 0 radical (unpaired) electrons. The summed E-state index contributed by atoms with van der Waals surface area (Å²) in [6.45, 7) is 17.7. The summed E-state index contributed by atoms with van der Waals surface area (Å²) in [7, 11) is 0. The molecular formula is C28H34SiZr. The Balaban J connectivity index is 0.000000207. The molecule has 0 aliphatic heterocycles. The van der Waals surface area contributed by atoms with Gasteiger partial charge in [0.15, 0.2) is 0 Å². The van der Waals surface area contributed by atoms with Gasteiger partial charge in [0, 0.05) is 0 Å². The predicted octanol–water partition coefficient (Wildman–Crippen LogP) is 8.27. The van der Waals surface area contributed by atoms with Gasteiger partial charge in [0.1, 0.15) is 0 Å². The first-order chi connectivity index (χ1) is 14.1. The van der Waals surface area contributed by atoms with Crippen LogP contribution < -0.4 is 0 Å². The molecule has 0 unspecified atom stereocenters. The summed E-state index contributed by atoms with van der Waals surface area (Å²) in [6.07, 6.45) is 0. The van der Waals surface area contributed by atoms with E-state index in [2.05, 4.69) is 115 Å². The summed E-state index contributed by atoms with van der Waals surface area (Å²) in [6, 6.07) is 21.8. The van der Waals surface area contributed by atoms with Crippen molar-refractivity contribution in [3.8, 4) is 11.1 Å². The van der Waals surface area contributed by atoms with Gasteiger partial charge >= 0.3 is 41.9 Å². The third-order valence-corrected chi connectivity index (χ3v) is 5.61. The van der Waals surface area contributed by atoms with Crippen LogP contribution in [-0.4, -0.2) is 5.43 Å². The first kappa shape index (κ1) is 24.8. The van der Waals surface area contributed by atoms with Gasteiger partial charge in [0.25, 0.3) is 0 Å². The second kappa shape index (κ2) is 11.2. The van der Waals surface area contributed by atoms with Crippen molar-refractivity contribution in [1.82, 2.24) is 0 Å². The fourth-order valence-corrected chi connectivity index (χ4v) is 3.74. The van der Waals surface area contributed by atoms with E-state index in [4.69, 9.17) is 0 Å². The molecule has 0 bridgehead atoms. The van der Waals surface area contributed by atoms with Gasteiger partial charge in [-0.1, -0.05) is 68.7 Å². The van der Waals surface area contributed by atoms with Gasteiger partial charge in [0.05, 0.1) is 0 Å². The molecule has 0 N–H and O–H groups in total. The van der Waals surface area contributed by atoms with Crippen molar-refractivity contribution in [3.63, 3.8) is 0 Å². The van der Waals surface area contributed by atoms with Crippen LogP contribution in [0.5, 0.6) is 0 Å². The molecule has 4 rings (SSSR count). The Bertz CT molecular complexity index is 1090. The molecule has 0 saturated carbocycles. The minimum absolute atomic E-state index is 0.210. The van der Waals surface area contributed by atoms with E-state index < -0.39 is 0 Å². The van der Waals surface area contributed by atoms with Crippen molar-refractivity contribution in [3.05, 3.63) is 94.0 Å². The molecule has 4 aromatic carbocycles. The first-order valence-corrected chi connectivity index (χ1v) is 16.7. The molecule has 2 heteroatoms. The fourth-order valence-electron chi connectivity index (χ4n) is 3.74. The minimum atomic E-state index is 0.210. The standard InChI is InChI=1S/C17H15.C9H13.C2H6Si.Zr/c1-12-6-5-7-13(2)17(12)16-11-10-14-8-3-4-9-15(14)16;1-6-5-7(2)9(4)8(6)3;1-3-2;/h3-11H,1-2H3;5H,1-4H3;1-2H3;/q2*-1;;+2. The van der Waals surface area contributed by atoms with E-state index in [1.54, 1.807) is 23.3 Å². The number of hydrogen-bond acceptors (Lipinski definition) is 0. The smallest absolute Gasteiger partial charge is 0.0400 e. The normalized spacial score (nSPS) is 10.2. The Kier molecular flexibility index (Phi) is 9.26. The maximum Gasteiger partial charge on any atom is -0.0400 e. The first-order valence-electron chi connectivity index (χ1n) is 10.6. The molecule has 4 aromatic rings. The van der Waals surface area contributed by atoms with Crippen molar-refractivity contribution in [1.29, 1.82) is 0 Å². The number of hydrogen-bond donors (Lipinski definition) is 0. The predicted molar refractivity (Wildman–Crippen MR) is 133 cm³/mol. The molecule has 0 fully saturated rings. The second-order valence-electron chi connectivity index (χ2n) is 8.36. The molecule has 0 heterocycles. The Labute approximate surface area is 198 Å². The Morgan fingerprint density at radius 3 is 1.70 bits per heavy atom. The van der Waals surface area contributed by atoms with Gasteiger partial charge in [-0.2, -0.15) is 28.3 Å². The van der Waals surface area contributed by atoms with Gasteiger partial charge < -0.3 is 0 Å². The van der Waals surface area contributed by atoms with Gasteiger partial charge in [0.2, 0.25) is 0 Å². The van der Waals surface area contributed by atoms with Crippen molar-refractivity contribution in [2.45, 2.75) is 54.6 Å². The van der Waals surface area contributed by atoms with E-state index in [-0.39, 0.29) is 5.43 Å². The summed E-state index contributed by atoms with van der Waals surface area (Å²) in [5, 5.41) is 2.68. The molecule has 0 amide bonds. The van der Waals surface area contributed by atoms with Crippen LogP contribution >= 0.6 is 0 Å². The van der Waals surface area contributed by atoms with E-state index >= 15 is 0 Å². The summed E-state index contributed by atoms with van der Waals surface area (Å²) in [4.78, 5) is 0. The van der Waals surface area contributed by atoms with E-state index in [0.29, 0.717) is 0 Å². The Morgan fingerprint density at radius 1 is 0.733 bits per heavy atom. The summed E-state index contributed by atoms with van der Waals surface area (Å²) in [5.74, 6) is 0. The topological polar surface area (TPSA) is 0 Å². The van der Waals surface area contributed by atoms with Crippen molar-refractivity contribution in [2.24, 2.45) is 0 Å². The van der Waals surface area contributed by atoms with Gasteiger partial charge in [-0.25, -0.2) is 0 Å². The maximum atomic E-state index is 2.31. The molecule has 0 spiro atoms. The van der Waals surface area contributed by atoms with Crippen molar-refractivity contribution in [2.75, 3.05) is 0 Å². The van der Waals surface area contributed by atoms with Gasteiger partial charge in [-0.05, 0) is 13.8 Å². The zero-order valence-electron chi connectivity index (χ0n) is 19.8. The average Bonchev–Trinajstić information content (AvgIpc) is 3.19. The number of aryl methyl sites for hydroxylation is 4. The average molecular weight is 490 g/mol. The van der Waals surface area contributed by atoms with E-state index in [1.807, 2.05) is 0 Å². The van der Waals surface area contributed by atoms with Crippen LogP contribution in [0, 0.1) is 41.5 Å². The Hall–Kier alpha value is -1.50. The van der Waals surface area contributed by atoms with Crippen LogP contribution in [0.15, 0.2) is 60.7 Å². The third kappa shape index (κ3) is 6.25. The monoisotopic (exact) mass is 488 g/mol. The van der Waals surface area contributed by atoms with Crippen LogP contribution in [0.1, 0.15) is 33.4 Å². The van der Waals surface area contributed by atoms with Crippen LogP contribution in [0.2, 0.25) is 13.1 Å². The molecule has 0 nitrogen and oxygen atoms in total. The van der Waals surface area contributed by atoms with Crippen LogP contribution in [-0.2, 0) is 23.3 Å². The van der Waals surface area contributed by atoms with E-state index in [1.165, 1.54) is 55.3 Å². The molecule has 0 aliphatic rings. The fraction of sp³-hybridized carbons (Fsp3) is 0.286. The molecule has 0 saturated heterocycles. The number of rotatable bonds is 1. The number of fused-ring (bicyclic) bond motifs is 1. The largest absolute Gasteiger partial charge is 0.196 e. The maximum absolute atomic E-state index is 2.31. The second-order valence-corrected chi connectivity index (χ2v) is 17.7. The zero-order valence-corrected chi connectivity index (χ0v) is 23.2. The molecular weight excluding hydrogens is 456 g/mol. The summed E-state index contributed by atoms with van der Waals surface area (Å²) in [5.41, 5.74) is 11.4. The summed E-state index contributed by atoms with van der Waals surface area (Å²) >= 11 is 1.74. The number of benzene rings is 2. The third-order valence-electron chi connectivity index (χ3n) is 5.61. The molecule has 30 heavy (non-hydrogen) atoms. The van der Waals surface area contributed by atoms with Gasteiger partial charge in [-0.3, -0.25) is 0 Å². The van der Waals surface area contributed by atoms with Crippen LogP contribution in [0.3, 0.4) is 0 Å². The molecule has 0 aliphatic carbocycles. The SMILES string of the molecule is C[Si](C)=[Zr+2].Cc1[cH-]c(C)c(C)c1C.Cc1cccc(C)c1-c1c[cH-]c2ccccc12. The molecule has 0 aromatic heterocycles. The van der Waals surface area contributed by atoms with Gasteiger partial charge in [-0.15, -0.1) is 46.7 Å². The van der Waals surface area contributed by atoms with Crippen molar-refractivity contribution >= 4 is 16.2 Å². The van der Waals surface area contributed by atoms with E-state index in [9.17, 15) is 0 Å². The zero-order chi connectivity index (χ0) is 22.4. The van der Waals surface area contributed by atoms with E-state index in [0.717, 1.165) is 0 Å². The minimum Gasteiger partial charge on any atom is -0.196 e. The van der Waals surface area contributed by atoms with Crippen LogP contribution in [0.4, 0.5) is 0 Å². The summed E-state index contributed by atoms with van der Waals surface area (Å²) < 4.78 is 0. The van der Waals surface area contributed by atoms with Crippen molar-refractivity contribution < 1.29 is 23.3 Å². The molecule has 0 atom stereocenters. The molecule has 154 valence electrons. The van der Waals surface area contributed by atoms with Crippen LogP contribution in [0.25, 0.3) is 21.9 Å². The quantitative estimate of drug-likeness (QED) is 0.186. The Morgan fingerprint density at radius 2 is 1.23 bits per heavy atom.